The molecule has 0 fully saturated rings. The molecule has 110 valence electrons. The highest BCUT2D eigenvalue weighted by Gasteiger charge is 2.21. The predicted molar refractivity (Wildman–Crippen MR) is 80.8 cm³/mol. The van der Waals surface area contributed by atoms with E-state index in [9.17, 15) is 20.2 Å². The number of non-ortho nitro benzene ring substituents is 2. The van der Waals surface area contributed by atoms with Gasteiger partial charge in [-0.1, -0.05) is 30.3 Å². The van der Waals surface area contributed by atoms with Gasteiger partial charge in [0.2, 0.25) is 0 Å². The van der Waals surface area contributed by atoms with Gasteiger partial charge in [-0.2, -0.15) is 0 Å². The topological polar surface area (TPSA) is 91.2 Å². The Kier molecular flexibility index (Phi) is 3.30. The molecule has 0 aliphatic heterocycles. The van der Waals surface area contributed by atoms with Crippen molar-refractivity contribution in [1.29, 1.82) is 0 Å². The molecular formula is C15H11N3O4. The van der Waals surface area contributed by atoms with Gasteiger partial charge in [-0.3, -0.25) is 20.2 Å². The lowest BCUT2D eigenvalue weighted by Crippen LogP contribution is -1.99. The zero-order chi connectivity index (χ0) is 15.7. The third kappa shape index (κ3) is 2.39. The Morgan fingerprint density at radius 3 is 2.32 bits per heavy atom. The molecule has 22 heavy (non-hydrogen) atoms. The molecule has 0 aliphatic rings. The fourth-order valence-electron chi connectivity index (χ4n) is 2.44. The van der Waals surface area contributed by atoms with Crippen molar-refractivity contribution in [3.8, 4) is 0 Å². The third-order valence-corrected chi connectivity index (χ3v) is 3.45. The number of rotatable bonds is 4. The van der Waals surface area contributed by atoms with E-state index in [1.807, 2.05) is 30.3 Å². The van der Waals surface area contributed by atoms with E-state index in [-0.39, 0.29) is 11.4 Å². The molecule has 7 heteroatoms. The number of hydrogen-bond acceptors (Lipinski definition) is 4. The number of aromatic nitrogens is 1. The van der Waals surface area contributed by atoms with Crippen LogP contribution in [0.25, 0.3) is 10.9 Å². The van der Waals surface area contributed by atoms with Gasteiger partial charge in [0.1, 0.15) is 0 Å². The normalized spacial score (nSPS) is 10.7. The summed E-state index contributed by atoms with van der Waals surface area (Å²) < 4.78 is 1.77. The van der Waals surface area contributed by atoms with Crippen LogP contribution in [-0.2, 0) is 6.54 Å². The first-order valence-electron chi connectivity index (χ1n) is 6.52. The zero-order valence-corrected chi connectivity index (χ0v) is 11.4. The summed E-state index contributed by atoms with van der Waals surface area (Å²) >= 11 is 0. The van der Waals surface area contributed by atoms with Crippen molar-refractivity contribution in [1.82, 2.24) is 4.57 Å². The van der Waals surface area contributed by atoms with E-state index in [0.717, 1.165) is 11.6 Å². The predicted octanol–water partition coefficient (Wildman–Crippen LogP) is 3.51. The second kappa shape index (κ2) is 5.28. The van der Waals surface area contributed by atoms with E-state index in [1.54, 1.807) is 16.8 Å². The molecule has 0 N–H and O–H groups in total. The molecular weight excluding hydrogens is 286 g/mol. The molecule has 0 unspecified atom stereocenters. The minimum atomic E-state index is -0.619. The highest BCUT2D eigenvalue weighted by atomic mass is 16.6. The van der Waals surface area contributed by atoms with Crippen LogP contribution in [0.5, 0.6) is 0 Å². The quantitative estimate of drug-likeness (QED) is 0.544. The number of nitro benzene ring substituents is 2. The molecule has 1 aromatic heterocycles. The lowest BCUT2D eigenvalue weighted by Gasteiger charge is -2.05. The Balaban J connectivity index is 2.16. The molecule has 0 atom stereocenters. The van der Waals surface area contributed by atoms with Gasteiger partial charge in [0.25, 0.3) is 11.4 Å². The SMILES string of the molecule is O=[N+]([O-])c1cc([N+](=O)[O-])c2ccn(Cc3ccccc3)c2c1. The van der Waals surface area contributed by atoms with E-state index in [4.69, 9.17) is 0 Å². The number of nitro groups is 2. The highest BCUT2D eigenvalue weighted by Crippen LogP contribution is 2.32. The number of fused-ring (bicyclic) bond motifs is 1. The summed E-state index contributed by atoms with van der Waals surface area (Å²) in [4.78, 5) is 20.9. The van der Waals surface area contributed by atoms with Crippen molar-refractivity contribution in [3.05, 3.63) is 80.5 Å². The van der Waals surface area contributed by atoms with Gasteiger partial charge in [0, 0.05) is 18.8 Å². The van der Waals surface area contributed by atoms with Gasteiger partial charge in [-0.15, -0.1) is 0 Å². The average Bonchev–Trinajstić information content (AvgIpc) is 2.90. The molecule has 0 bridgehead atoms. The van der Waals surface area contributed by atoms with Crippen LogP contribution in [0.2, 0.25) is 0 Å². The van der Waals surface area contributed by atoms with Crippen molar-refractivity contribution in [3.63, 3.8) is 0 Å². The molecule has 3 aromatic rings. The Morgan fingerprint density at radius 2 is 1.68 bits per heavy atom. The lowest BCUT2D eigenvalue weighted by molar-refractivity contribution is -0.393. The van der Waals surface area contributed by atoms with Crippen molar-refractivity contribution in [2.75, 3.05) is 0 Å². The van der Waals surface area contributed by atoms with Crippen LogP contribution >= 0.6 is 0 Å². The van der Waals surface area contributed by atoms with Crippen LogP contribution in [0, 0.1) is 20.2 Å². The molecule has 0 saturated heterocycles. The second-order valence-electron chi connectivity index (χ2n) is 4.84. The van der Waals surface area contributed by atoms with Gasteiger partial charge in [0.05, 0.1) is 26.8 Å². The van der Waals surface area contributed by atoms with Crippen molar-refractivity contribution < 1.29 is 9.85 Å². The summed E-state index contributed by atoms with van der Waals surface area (Å²) in [5, 5.41) is 22.5. The summed E-state index contributed by atoms with van der Waals surface area (Å²) in [6.45, 7) is 0.489. The zero-order valence-electron chi connectivity index (χ0n) is 11.4. The first-order valence-corrected chi connectivity index (χ1v) is 6.52. The first kappa shape index (κ1) is 13.7. The van der Waals surface area contributed by atoms with Gasteiger partial charge >= 0.3 is 0 Å². The first-order chi connectivity index (χ1) is 10.6. The molecule has 0 aliphatic carbocycles. The van der Waals surface area contributed by atoms with Crippen LogP contribution in [0.3, 0.4) is 0 Å². The molecule has 7 nitrogen and oxygen atoms in total. The Labute approximate surface area is 124 Å². The maximum atomic E-state index is 11.1. The van der Waals surface area contributed by atoms with Crippen LogP contribution in [0.1, 0.15) is 5.56 Å². The molecule has 0 amide bonds. The number of hydrogen-bond donors (Lipinski definition) is 0. The minimum Gasteiger partial charge on any atom is -0.343 e. The molecule has 0 radical (unpaired) electrons. The third-order valence-electron chi connectivity index (χ3n) is 3.45. The largest absolute Gasteiger partial charge is 0.343 e. The van der Waals surface area contributed by atoms with Gasteiger partial charge < -0.3 is 4.57 Å². The lowest BCUT2D eigenvalue weighted by atomic mass is 10.2. The van der Waals surface area contributed by atoms with Crippen LogP contribution in [-0.4, -0.2) is 14.4 Å². The van der Waals surface area contributed by atoms with E-state index in [0.29, 0.717) is 17.4 Å². The summed E-state index contributed by atoms with van der Waals surface area (Å²) in [5.74, 6) is 0. The van der Waals surface area contributed by atoms with Crippen molar-refractivity contribution >= 4 is 22.3 Å². The molecule has 0 saturated carbocycles. The van der Waals surface area contributed by atoms with Crippen molar-refractivity contribution in [2.24, 2.45) is 0 Å². The molecule has 0 spiro atoms. The molecule has 1 heterocycles. The average molecular weight is 297 g/mol. The van der Waals surface area contributed by atoms with E-state index in [1.165, 1.54) is 6.07 Å². The van der Waals surface area contributed by atoms with E-state index in [2.05, 4.69) is 0 Å². The maximum absolute atomic E-state index is 11.1. The summed E-state index contributed by atoms with van der Waals surface area (Å²) in [7, 11) is 0. The fourth-order valence-corrected chi connectivity index (χ4v) is 2.44. The Bertz CT molecular complexity index is 871. The minimum absolute atomic E-state index is 0.254. The summed E-state index contributed by atoms with van der Waals surface area (Å²) in [6.07, 6.45) is 1.70. The second-order valence-corrected chi connectivity index (χ2v) is 4.84. The smallest absolute Gasteiger partial charge is 0.285 e. The number of nitrogens with zero attached hydrogens (tertiary/aromatic N) is 3. The Morgan fingerprint density at radius 1 is 0.955 bits per heavy atom. The van der Waals surface area contributed by atoms with Gasteiger partial charge in [-0.05, 0) is 11.6 Å². The highest BCUT2D eigenvalue weighted by molar-refractivity contribution is 5.91. The summed E-state index contributed by atoms with van der Waals surface area (Å²) in [5.41, 5.74) is 0.946. The van der Waals surface area contributed by atoms with Crippen LogP contribution in [0.15, 0.2) is 54.7 Å². The standard InChI is InChI=1S/C15H11N3O4/c19-17(20)12-8-14-13(15(9-12)18(21)22)6-7-16(14)10-11-4-2-1-3-5-11/h1-9H,10H2. The monoisotopic (exact) mass is 297 g/mol. The van der Waals surface area contributed by atoms with Crippen LogP contribution < -0.4 is 0 Å². The van der Waals surface area contributed by atoms with Crippen LogP contribution in [0.4, 0.5) is 11.4 Å². The van der Waals surface area contributed by atoms with E-state index >= 15 is 0 Å². The summed E-state index contributed by atoms with van der Waals surface area (Å²) in [6, 6.07) is 13.5. The maximum Gasteiger partial charge on any atom is 0.285 e. The van der Waals surface area contributed by atoms with Gasteiger partial charge in [0.15, 0.2) is 0 Å². The molecule has 3 rings (SSSR count). The van der Waals surface area contributed by atoms with E-state index < -0.39 is 9.85 Å². The van der Waals surface area contributed by atoms with Crippen molar-refractivity contribution in [2.45, 2.75) is 6.54 Å². The number of benzene rings is 2. The fraction of sp³-hybridized carbons (Fsp3) is 0.0667. The molecule has 2 aromatic carbocycles. The Hall–Kier alpha value is -3.22. The van der Waals surface area contributed by atoms with Gasteiger partial charge in [-0.25, -0.2) is 0 Å².